The van der Waals surface area contributed by atoms with Gasteiger partial charge < -0.3 is 14.8 Å². The third kappa shape index (κ3) is 4.46. The lowest BCUT2D eigenvalue weighted by molar-refractivity contribution is -0.141. The maximum Gasteiger partial charge on any atom is 0.328 e. The zero-order valence-electron chi connectivity index (χ0n) is 10.6. The molecule has 1 rings (SSSR count). The highest BCUT2D eigenvalue weighted by atomic mass is 35.5. The molecule has 1 aromatic heterocycles. The Morgan fingerprint density at radius 2 is 2.28 bits per heavy atom. The van der Waals surface area contributed by atoms with Crippen molar-refractivity contribution in [2.24, 2.45) is 0 Å². The van der Waals surface area contributed by atoms with E-state index in [2.05, 4.69) is 20.0 Å². The molecule has 0 amide bonds. The van der Waals surface area contributed by atoms with Gasteiger partial charge in [-0.15, -0.1) is 0 Å². The van der Waals surface area contributed by atoms with Crippen LogP contribution in [0.2, 0.25) is 5.15 Å². The van der Waals surface area contributed by atoms with Crippen molar-refractivity contribution in [3.63, 3.8) is 0 Å². The van der Waals surface area contributed by atoms with Crippen LogP contribution in [0.15, 0.2) is 6.07 Å². The minimum Gasteiger partial charge on any atom is -0.467 e. The molecule has 6 nitrogen and oxygen atoms in total. The van der Waals surface area contributed by atoms with Gasteiger partial charge in [-0.1, -0.05) is 11.6 Å². The molecule has 0 saturated carbocycles. The highest BCUT2D eigenvalue weighted by Crippen LogP contribution is 2.13. The van der Waals surface area contributed by atoms with Crippen LogP contribution in [0.1, 0.15) is 19.7 Å². The highest BCUT2D eigenvalue weighted by molar-refractivity contribution is 6.29. The molecule has 1 aromatic rings. The number of esters is 1. The Balaban J connectivity index is 2.76. The van der Waals surface area contributed by atoms with Gasteiger partial charge in [-0.2, -0.15) is 0 Å². The molecule has 0 fully saturated rings. The fraction of sp³-hybridized carbons (Fsp3) is 0.545. The second kappa shape index (κ2) is 7.13. The summed E-state index contributed by atoms with van der Waals surface area (Å²) < 4.78 is 9.81. The number of aromatic nitrogens is 2. The first kappa shape index (κ1) is 14.7. The van der Waals surface area contributed by atoms with Crippen LogP contribution in [0, 0.1) is 0 Å². The number of rotatable bonds is 6. The second-order valence-electron chi connectivity index (χ2n) is 3.52. The lowest BCUT2D eigenvalue weighted by Crippen LogP contribution is -2.27. The van der Waals surface area contributed by atoms with Gasteiger partial charge in [0.2, 0.25) is 0 Å². The van der Waals surface area contributed by atoms with Crippen LogP contribution in [-0.2, 0) is 20.9 Å². The number of hydrogen-bond acceptors (Lipinski definition) is 6. The van der Waals surface area contributed by atoms with E-state index < -0.39 is 6.04 Å². The molecule has 100 valence electrons. The van der Waals surface area contributed by atoms with E-state index in [1.807, 2.05) is 6.92 Å². The van der Waals surface area contributed by atoms with E-state index in [-0.39, 0.29) is 12.6 Å². The van der Waals surface area contributed by atoms with Gasteiger partial charge >= 0.3 is 5.97 Å². The Labute approximate surface area is 111 Å². The van der Waals surface area contributed by atoms with Crippen molar-refractivity contribution in [1.29, 1.82) is 0 Å². The summed E-state index contributed by atoms with van der Waals surface area (Å²) in [5.74, 6) is 0.544. The van der Waals surface area contributed by atoms with Gasteiger partial charge in [0.05, 0.1) is 7.11 Å². The molecule has 0 aliphatic carbocycles. The zero-order valence-corrected chi connectivity index (χ0v) is 11.3. The first-order valence-corrected chi connectivity index (χ1v) is 5.90. The predicted octanol–water partition coefficient (Wildman–Crippen LogP) is 1.64. The van der Waals surface area contributed by atoms with E-state index in [0.717, 1.165) is 0 Å². The van der Waals surface area contributed by atoms with Crippen molar-refractivity contribution in [2.75, 3.05) is 19.0 Å². The van der Waals surface area contributed by atoms with E-state index in [4.69, 9.17) is 16.3 Å². The molecule has 0 aromatic carbocycles. The van der Waals surface area contributed by atoms with Crippen LogP contribution < -0.4 is 5.32 Å². The molecule has 0 aliphatic rings. The van der Waals surface area contributed by atoms with Gasteiger partial charge in [0.15, 0.2) is 5.82 Å². The average molecular weight is 274 g/mol. The number of nitrogens with zero attached hydrogens (tertiary/aromatic N) is 2. The molecule has 1 atom stereocenters. The third-order valence-corrected chi connectivity index (χ3v) is 2.29. The van der Waals surface area contributed by atoms with Crippen molar-refractivity contribution < 1.29 is 14.3 Å². The van der Waals surface area contributed by atoms with Crippen LogP contribution >= 0.6 is 11.6 Å². The van der Waals surface area contributed by atoms with Crippen molar-refractivity contribution >= 4 is 23.4 Å². The predicted molar refractivity (Wildman–Crippen MR) is 67.5 cm³/mol. The quantitative estimate of drug-likeness (QED) is 0.627. The summed E-state index contributed by atoms with van der Waals surface area (Å²) in [6.45, 7) is 4.39. The lowest BCUT2D eigenvalue weighted by atomic mass is 10.3. The van der Waals surface area contributed by atoms with E-state index in [1.54, 1.807) is 6.92 Å². The van der Waals surface area contributed by atoms with E-state index in [0.29, 0.717) is 23.4 Å². The van der Waals surface area contributed by atoms with Crippen LogP contribution in [0.4, 0.5) is 5.82 Å². The summed E-state index contributed by atoms with van der Waals surface area (Å²) >= 11 is 5.86. The molecule has 0 saturated heterocycles. The molecular formula is C11H16ClN3O3. The van der Waals surface area contributed by atoms with Crippen LogP contribution in [0.3, 0.4) is 0 Å². The number of halogens is 1. The number of carbonyl (C=O) groups is 1. The normalized spacial score (nSPS) is 12.0. The fourth-order valence-electron chi connectivity index (χ4n) is 1.25. The summed E-state index contributed by atoms with van der Waals surface area (Å²) in [6.07, 6.45) is 0. The van der Waals surface area contributed by atoms with Crippen molar-refractivity contribution in [3.8, 4) is 0 Å². The van der Waals surface area contributed by atoms with Crippen LogP contribution in [0.25, 0.3) is 0 Å². The van der Waals surface area contributed by atoms with Crippen molar-refractivity contribution in [1.82, 2.24) is 9.97 Å². The summed E-state index contributed by atoms with van der Waals surface area (Å²) in [5.41, 5.74) is 0. The van der Waals surface area contributed by atoms with Gasteiger partial charge in [-0.25, -0.2) is 14.8 Å². The van der Waals surface area contributed by atoms with Crippen molar-refractivity contribution in [2.45, 2.75) is 26.5 Å². The Morgan fingerprint density at radius 1 is 1.56 bits per heavy atom. The first-order valence-electron chi connectivity index (χ1n) is 5.52. The molecule has 18 heavy (non-hydrogen) atoms. The van der Waals surface area contributed by atoms with Gasteiger partial charge in [-0.3, -0.25) is 0 Å². The maximum absolute atomic E-state index is 11.3. The number of anilines is 1. The molecule has 1 unspecified atom stereocenters. The molecule has 0 radical (unpaired) electrons. The topological polar surface area (TPSA) is 73.3 Å². The summed E-state index contributed by atoms with van der Waals surface area (Å²) in [5, 5.41) is 3.18. The zero-order chi connectivity index (χ0) is 13.5. The minimum atomic E-state index is -0.513. The number of hydrogen-bond donors (Lipinski definition) is 1. The largest absolute Gasteiger partial charge is 0.467 e. The standard InChI is InChI=1S/C11H16ClN3O3/c1-4-18-6-10-14-8(12)5-9(15-10)13-7(2)11(16)17-3/h5,7H,4,6H2,1-3H3,(H,13,14,15). The number of methoxy groups -OCH3 is 1. The summed E-state index contributed by atoms with van der Waals surface area (Å²) in [6, 6.07) is 1.03. The SMILES string of the molecule is CCOCc1nc(Cl)cc(NC(C)C(=O)OC)n1. The Hall–Kier alpha value is -1.40. The Bertz CT molecular complexity index is 415. The Morgan fingerprint density at radius 3 is 2.89 bits per heavy atom. The molecule has 0 aliphatic heterocycles. The van der Waals surface area contributed by atoms with Gasteiger partial charge in [0.1, 0.15) is 23.6 Å². The fourth-order valence-corrected chi connectivity index (χ4v) is 1.45. The summed E-state index contributed by atoms with van der Waals surface area (Å²) in [4.78, 5) is 19.5. The van der Waals surface area contributed by atoms with Gasteiger partial charge in [-0.05, 0) is 13.8 Å². The second-order valence-corrected chi connectivity index (χ2v) is 3.91. The average Bonchev–Trinajstić information content (AvgIpc) is 2.34. The van der Waals surface area contributed by atoms with E-state index >= 15 is 0 Å². The van der Waals surface area contributed by atoms with Gasteiger partial charge in [0.25, 0.3) is 0 Å². The number of nitrogens with one attached hydrogen (secondary N) is 1. The molecule has 1 heterocycles. The van der Waals surface area contributed by atoms with Gasteiger partial charge in [0, 0.05) is 12.7 Å². The van der Waals surface area contributed by atoms with Crippen LogP contribution in [0.5, 0.6) is 0 Å². The molecule has 0 bridgehead atoms. The number of carbonyl (C=O) groups excluding carboxylic acids is 1. The lowest BCUT2D eigenvalue weighted by Gasteiger charge is -2.12. The molecule has 7 heteroatoms. The molecule has 0 spiro atoms. The molecular weight excluding hydrogens is 258 g/mol. The van der Waals surface area contributed by atoms with E-state index in [1.165, 1.54) is 13.2 Å². The van der Waals surface area contributed by atoms with Crippen LogP contribution in [-0.4, -0.2) is 35.7 Å². The number of ether oxygens (including phenoxy) is 2. The molecule has 1 N–H and O–H groups in total. The highest BCUT2D eigenvalue weighted by Gasteiger charge is 2.14. The van der Waals surface area contributed by atoms with E-state index in [9.17, 15) is 4.79 Å². The third-order valence-electron chi connectivity index (χ3n) is 2.10. The minimum absolute atomic E-state index is 0.276. The van der Waals surface area contributed by atoms with Crippen molar-refractivity contribution in [3.05, 3.63) is 17.0 Å². The smallest absolute Gasteiger partial charge is 0.328 e. The summed E-state index contributed by atoms with van der Waals surface area (Å²) in [7, 11) is 1.33. The Kier molecular flexibility index (Phi) is 5.80. The first-order chi connectivity index (χ1) is 8.56. The monoisotopic (exact) mass is 273 g/mol. The maximum atomic E-state index is 11.3.